The number of benzene rings is 1. The normalized spacial score (nSPS) is 26.6. The molecule has 3 rings (SSSR count). The Morgan fingerprint density at radius 2 is 1.26 bits per heavy atom. The molecule has 0 bridgehead atoms. The van der Waals surface area contributed by atoms with Crippen LogP contribution in [0.15, 0.2) is 24.3 Å². The van der Waals surface area contributed by atoms with Gasteiger partial charge in [-0.2, -0.15) is 0 Å². The van der Waals surface area contributed by atoms with Gasteiger partial charge in [-0.05, 0) is 67.1 Å². The molecule has 1 aromatic rings. The lowest BCUT2D eigenvalue weighted by Crippen LogP contribution is -2.15. The van der Waals surface area contributed by atoms with Crippen molar-refractivity contribution in [2.24, 2.45) is 23.7 Å². The summed E-state index contributed by atoms with van der Waals surface area (Å²) in [6, 6.07) is 9.00. The van der Waals surface area contributed by atoms with E-state index < -0.39 is 0 Å². The van der Waals surface area contributed by atoms with Crippen molar-refractivity contribution in [2.75, 3.05) is 6.61 Å². The third-order valence-electron chi connectivity index (χ3n) is 8.36. The number of ether oxygens (including phenoxy) is 1. The van der Waals surface area contributed by atoms with Crippen LogP contribution >= 0.6 is 0 Å². The van der Waals surface area contributed by atoms with E-state index in [0.717, 1.165) is 36.0 Å². The average Bonchev–Trinajstić information content (AvgIpc) is 2.81. The van der Waals surface area contributed by atoms with Crippen molar-refractivity contribution < 1.29 is 4.74 Å². The van der Waals surface area contributed by atoms with E-state index in [1.54, 1.807) is 0 Å². The zero-order valence-corrected chi connectivity index (χ0v) is 20.8. The largest absolute Gasteiger partial charge is 0.494 e. The van der Waals surface area contributed by atoms with Crippen LogP contribution in [0.2, 0.25) is 0 Å². The van der Waals surface area contributed by atoms with Crippen molar-refractivity contribution in [1.29, 1.82) is 0 Å². The third-order valence-corrected chi connectivity index (χ3v) is 8.36. The molecular formula is C30H50O. The molecule has 1 heteroatoms. The summed E-state index contributed by atoms with van der Waals surface area (Å²) in [6.45, 7) is 5.60. The Kier molecular flexibility index (Phi) is 11.3. The van der Waals surface area contributed by atoms with E-state index >= 15 is 0 Å². The van der Waals surface area contributed by atoms with Gasteiger partial charge in [0.25, 0.3) is 0 Å². The molecule has 176 valence electrons. The maximum atomic E-state index is 6.03. The summed E-state index contributed by atoms with van der Waals surface area (Å²) in [4.78, 5) is 0. The number of rotatable bonds is 13. The molecule has 0 N–H and O–H groups in total. The summed E-state index contributed by atoms with van der Waals surface area (Å²) in [5.41, 5.74) is 1.49. The molecule has 2 fully saturated rings. The van der Waals surface area contributed by atoms with Crippen LogP contribution < -0.4 is 4.74 Å². The minimum absolute atomic E-state index is 0.882. The topological polar surface area (TPSA) is 9.23 Å². The van der Waals surface area contributed by atoms with Crippen LogP contribution in [0, 0.1) is 23.7 Å². The van der Waals surface area contributed by atoms with Gasteiger partial charge in [-0.3, -0.25) is 0 Å². The van der Waals surface area contributed by atoms with Crippen LogP contribution in [-0.2, 0) is 6.42 Å². The van der Waals surface area contributed by atoms with E-state index in [9.17, 15) is 0 Å². The van der Waals surface area contributed by atoms with Gasteiger partial charge in [0.05, 0.1) is 6.61 Å². The molecule has 1 aromatic carbocycles. The molecule has 0 aliphatic heterocycles. The Labute approximate surface area is 193 Å². The lowest BCUT2D eigenvalue weighted by Gasteiger charge is -2.28. The van der Waals surface area contributed by atoms with E-state index in [4.69, 9.17) is 4.74 Å². The van der Waals surface area contributed by atoms with E-state index in [2.05, 4.69) is 38.1 Å². The molecule has 0 heterocycles. The number of unbranched alkanes of at least 4 members (excludes halogenated alkanes) is 3. The van der Waals surface area contributed by atoms with Gasteiger partial charge in [0.15, 0.2) is 0 Å². The Balaban J connectivity index is 1.24. The van der Waals surface area contributed by atoms with Gasteiger partial charge < -0.3 is 4.74 Å². The predicted molar refractivity (Wildman–Crippen MR) is 135 cm³/mol. The van der Waals surface area contributed by atoms with E-state index in [-0.39, 0.29) is 0 Å². The lowest BCUT2D eigenvalue weighted by molar-refractivity contribution is 0.244. The monoisotopic (exact) mass is 426 g/mol. The van der Waals surface area contributed by atoms with Gasteiger partial charge in [-0.25, -0.2) is 0 Å². The molecule has 0 radical (unpaired) electrons. The van der Waals surface area contributed by atoms with Crippen molar-refractivity contribution in [3.63, 3.8) is 0 Å². The summed E-state index contributed by atoms with van der Waals surface area (Å²) in [7, 11) is 0. The predicted octanol–water partition coefficient (Wildman–Crippen LogP) is 9.38. The fourth-order valence-corrected chi connectivity index (χ4v) is 5.97. The molecule has 0 amide bonds. The van der Waals surface area contributed by atoms with Gasteiger partial charge in [0.1, 0.15) is 5.75 Å². The lowest BCUT2D eigenvalue weighted by atomic mass is 9.78. The maximum absolute atomic E-state index is 6.03. The average molecular weight is 427 g/mol. The highest BCUT2D eigenvalue weighted by atomic mass is 16.5. The highest BCUT2D eigenvalue weighted by Gasteiger charge is 2.21. The van der Waals surface area contributed by atoms with Gasteiger partial charge >= 0.3 is 0 Å². The molecule has 0 unspecified atom stereocenters. The van der Waals surface area contributed by atoms with Crippen LogP contribution in [0.1, 0.15) is 122 Å². The van der Waals surface area contributed by atoms with E-state index in [1.165, 1.54) is 115 Å². The van der Waals surface area contributed by atoms with E-state index in [0.29, 0.717) is 0 Å². The van der Waals surface area contributed by atoms with Crippen molar-refractivity contribution >= 4 is 0 Å². The molecule has 0 saturated heterocycles. The fraction of sp³-hybridized carbons (Fsp3) is 0.800. The zero-order chi connectivity index (χ0) is 21.7. The summed E-state index contributed by atoms with van der Waals surface area (Å²) in [5, 5.41) is 0. The molecule has 2 aliphatic rings. The van der Waals surface area contributed by atoms with Crippen molar-refractivity contribution in [3.05, 3.63) is 29.8 Å². The quantitative estimate of drug-likeness (QED) is 0.285. The molecule has 31 heavy (non-hydrogen) atoms. The standard InChI is InChI=1S/C30H50O/c1-3-4-5-6-8-26-14-16-28(17-15-26)18-19-29-20-22-30(23-21-29)31-24-7-9-27-12-10-25(2)11-13-27/h20-23,25-28H,3-19,24H2,1-2H3/t25-,26-,27-,28-. The molecule has 2 saturated carbocycles. The van der Waals surface area contributed by atoms with Crippen LogP contribution in [-0.4, -0.2) is 6.61 Å². The highest BCUT2D eigenvalue weighted by Crippen LogP contribution is 2.34. The first-order valence-corrected chi connectivity index (χ1v) is 13.9. The second-order valence-corrected chi connectivity index (χ2v) is 11.0. The molecule has 0 atom stereocenters. The molecule has 2 aliphatic carbocycles. The van der Waals surface area contributed by atoms with Crippen molar-refractivity contribution in [1.82, 2.24) is 0 Å². The fourth-order valence-electron chi connectivity index (χ4n) is 5.97. The number of hydrogen-bond donors (Lipinski definition) is 0. The third kappa shape index (κ3) is 9.58. The summed E-state index contributed by atoms with van der Waals surface area (Å²) >= 11 is 0. The summed E-state index contributed by atoms with van der Waals surface area (Å²) < 4.78 is 6.03. The van der Waals surface area contributed by atoms with E-state index in [1.807, 2.05) is 0 Å². The molecule has 0 spiro atoms. The Bertz CT molecular complexity index is 561. The van der Waals surface area contributed by atoms with Gasteiger partial charge in [0, 0.05) is 0 Å². The Hall–Kier alpha value is -0.980. The van der Waals surface area contributed by atoms with Crippen molar-refractivity contribution in [3.8, 4) is 5.75 Å². The maximum Gasteiger partial charge on any atom is 0.119 e. The summed E-state index contributed by atoms with van der Waals surface area (Å²) in [6.07, 6.45) is 24.1. The minimum atomic E-state index is 0.882. The van der Waals surface area contributed by atoms with Crippen molar-refractivity contribution in [2.45, 2.75) is 123 Å². The second-order valence-electron chi connectivity index (χ2n) is 11.0. The van der Waals surface area contributed by atoms with Crippen LogP contribution in [0.25, 0.3) is 0 Å². The van der Waals surface area contributed by atoms with Crippen LogP contribution in [0.5, 0.6) is 5.75 Å². The van der Waals surface area contributed by atoms with Crippen LogP contribution in [0.4, 0.5) is 0 Å². The van der Waals surface area contributed by atoms with Gasteiger partial charge in [0.2, 0.25) is 0 Å². The van der Waals surface area contributed by atoms with Crippen LogP contribution in [0.3, 0.4) is 0 Å². The first-order chi connectivity index (χ1) is 15.2. The number of hydrogen-bond acceptors (Lipinski definition) is 1. The van der Waals surface area contributed by atoms with Gasteiger partial charge in [-0.1, -0.05) is 109 Å². The Morgan fingerprint density at radius 1 is 0.677 bits per heavy atom. The Morgan fingerprint density at radius 3 is 1.90 bits per heavy atom. The smallest absolute Gasteiger partial charge is 0.119 e. The first kappa shape index (κ1) is 24.7. The SMILES string of the molecule is CCCCCC[C@H]1CC[C@H](CCc2ccc(OCCC[C@H]3CC[C@H](C)CC3)cc2)CC1. The molecular weight excluding hydrogens is 376 g/mol. The summed E-state index contributed by atoms with van der Waals surface area (Å²) in [5.74, 6) is 4.97. The zero-order valence-electron chi connectivity index (χ0n) is 20.8. The minimum Gasteiger partial charge on any atom is -0.494 e. The first-order valence-electron chi connectivity index (χ1n) is 13.9. The van der Waals surface area contributed by atoms with Gasteiger partial charge in [-0.15, -0.1) is 0 Å². The molecule has 0 aromatic heterocycles. The second kappa shape index (κ2) is 14.2. The molecule has 1 nitrogen and oxygen atoms in total. The highest BCUT2D eigenvalue weighted by molar-refractivity contribution is 5.27. The number of aryl methyl sites for hydroxylation is 1.